The van der Waals surface area contributed by atoms with Gasteiger partial charge in [0.1, 0.15) is 0 Å². The molecule has 0 rings (SSSR count). The lowest BCUT2D eigenvalue weighted by molar-refractivity contribution is -0.134. The highest BCUT2D eigenvalue weighted by atomic mass is 16.4. The standard InChI is InChI=1S/C2H4O2.B43/c1-2(3)4;1-23-34(22)40(35(24(2)3)25(4)5)43(41(36(26(6)7)27(8)9)37(28(10)11)29(12)13)42(38(30(14)15)31(16)17)39(32(18)19)33(20)21/h1H3,(H,3,4);. The van der Waals surface area contributed by atoms with Gasteiger partial charge in [-0.15, -0.1) is 0 Å². The second kappa shape index (κ2) is 24.6. The molecule has 0 saturated carbocycles. The first-order valence-electron chi connectivity index (χ1n) is 14.9. The van der Waals surface area contributed by atoms with Crippen molar-refractivity contribution in [3.63, 3.8) is 0 Å². The van der Waals surface area contributed by atoms with Crippen LogP contribution in [0, 0.1) is 0 Å². The van der Waals surface area contributed by atoms with Gasteiger partial charge in [0.05, 0.1) is 0 Å². The van der Waals surface area contributed by atoms with Crippen LogP contribution in [-0.2, 0) is 4.79 Å². The number of rotatable bonds is 20. The van der Waals surface area contributed by atoms with Crippen molar-refractivity contribution in [2.75, 3.05) is 0 Å². The van der Waals surface area contributed by atoms with Gasteiger partial charge in [-0.2, -0.15) is 0 Å². The van der Waals surface area contributed by atoms with Gasteiger partial charge < -0.3 is 5.11 Å². The summed E-state index contributed by atoms with van der Waals surface area (Å²) in [5, 5.41) is 7.42. The Morgan fingerprint density at radius 1 is 0.362 bits per heavy atom. The van der Waals surface area contributed by atoms with Crippen LogP contribution in [0.2, 0.25) is 0 Å². The summed E-state index contributed by atoms with van der Waals surface area (Å²) in [5.41, 5.74) is 0. The van der Waals surface area contributed by atoms with Crippen LogP contribution in [0.5, 0.6) is 0 Å². The predicted molar refractivity (Wildman–Crippen MR) is 261 cm³/mol. The summed E-state index contributed by atoms with van der Waals surface area (Å²) >= 11 is 0. The van der Waals surface area contributed by atoms with E-state index in [1.165, 1.54) is 7.06 Å². The summed E-state index contributed by atoms with van der Waals surface area (Å²) in [5.74, 6) is -0.833. The highest BCUT2D eigenvalue weighted by molar-refractivity contribution is 8.33. The van der Waals surface area contributed by atoms with Crippen molar-refractivity contribution in [1.29, 1.82) is 0 Å². The molecule has 0 aliphatic carbocycles. The SMILES string of the molecule is CC(=O)O.[B][B]B([B])B(B(B([B])[B])B([B])[B])B(B(B(B([B])[B])B([B])[B])B(B([B])[B])B([B])[B])B(B(B([B])[B])B([B])[B])B(B([B])[B])B([B])[B]. The molecule has 45 heteroatoms. The van der Waals surface area contributed by atoms with Gasteiger partial charge in [-0.05, 0) is 0 Å². The maximum atomic E-state index is 9.00. The first kappa shape index (κ1) is 51.4. The smallest absolute Gasteiger partial charge is 0.300 e. The van der Waals surface area contributed by atoms with E-state index in [0.717, 1.165) is 6.92 Å². The summed E-state index contributed by atoms with van der Waals surface area (Å²) in [7, 11) is 140. The van der Waals surface area contributed by atoms with Gasteiger partial charge in [0.2, 0.25) is 0 Å². The molecular formula is C2H4B43O2. The lowest BCUT2D eigenvalue weighted by Crippen LogP contribution is -2.93. The molecule has 0 saturated heterocycles. The van der Waals surface area contributed by atoms with Crippen LogP contribution in [0.15, 0.2) is 0 Å². The fourth-order valence-electron chi connectivity index (χ4n) is 7.06. The predicted octanol–water partition coefficient (Wildman–Crippen LogP) is -16.3. The molecule has 0 aromatic heterocycles. The van der Waals surface area contributed by atoms with E-state index in [4.69, 9.17) is 180 Å². The van der Waals surface area contributed by atoms with Crippen LogP contribution < -0.4 is 0 Å². The Labute approximate surface area is 325 Å². The van der Waals surface area contributed by atoms with Crippen molar-refractivity contribution in [3.8, 4) is 0 Å². The zero-order chi connectivity index (χ0) is 37.8. The number of carbonyl (C=O) groups is 1. The van der Waals surface area contributed by atoms with E-state index in [-0.39, 0.29) is 0 Å². The van der Waals surface area contributed by atoms with Gasteiger partial charge in [0.25, 0.3) is 5.97 Å². The average Bonchev–Trinajstić information content (AvgIpc) is 2.85. The van der Waals surface area contributed by atoms with Crippen LogP contribution in [0.4, 0.5) is 0 Å². The Bertz CT molecular complexity index is 685. The minimum absolute atomic E-state index is 0.833. The summed E-state index contributed by atoms with van der Waals surface area (Å²) in [6, 6.07) is 0. The molecule has 0 aliphatic heterocycles. The van der Waals surface area contributed by atoms with Gasteiger partial charge in [0.15, 0.2) is 0 Å². The van der Waals surface area contributed by atoms with Crippen molar-refractivity contribution < 1.29 is 9.90 Å². The molecule has 1 N–H and O–H groups in total. The van der Waals surface area contributed by atoms with E-state index < -0.39 is 134 Å². The molecule has 0 spiro atoms. The molecular weight excluding hydrogens is 521 g/mol. The van der Waals surface area contributed by atoms with Crippen LogP contribution in [-0.4, -0.2) is 316 Å². The van der Waals surface area contributed by atoms with Gasteiger partial charge in [-0.3, -0.25) is 4.79 Å². The Balaban J connectivity index is 0. The van der Waals surface area contributed by atoms with Crippen molar-refractivity contribution in [1.82, 2.24) is 0 Å². The minimum Gasteiger partial charge on any atom is -0.481 e. The zero-order valence-corrected chi connectivity index (χ0v) is 27.2. The zero-order valence-electron chi connectivity index (χ0n) is 27.2. The van der Waals surface area contributed by atoms with Crippen molar-refractivity contribution in [2.24, 2.45) is 0 Å². The average molecular weight is 525 g/mol. The highest BCUT2D eigenvalue weighted by Gasteiger charge is 2.57. The lowest BCUT2D eigenvalue weighted by atomic mass is 8.26. The highest BCUT2D eigenvalue weighted by Crippen LogP contribution is 2.19. The molecule has 0 fully saturated rings. The monoisotopic (exact) mass is 533 g/mol. The van der Waals surface area contributed by atoms with Gasteiger partial charge in [-0.25, -0.2) is 0 Å². The molecule has 0 amide bonds. The molecule has 45 radical (unpaired) electrons. The summed E-state index contributed by atoms with van der Waals surface area (Å²) in [6.45, 7) is 1.08. The van der Waals surface area contributed by atoms with E-state index in [2.05, 4.69) is 0 Å². The second-order valence-corrected chi connectivity index (χ2v) is 12.3. The second-order valence-electron chi connectivity index (χ2n) is 12.3. The Morgan fingerprint density at radius 3 is 0.617 bits per heavy atom. The Morgan fingerprint density at radius 2 is 0.489 bits per heavy atom. The maximum absolute atomic E-state index is 9.00. The third-order valence-electron chi connectivity index (χ3n) is 8.67. The minimum atomic E-state index is -1.24. The lowest BCUT2D eigenvalue weighted by Gasteiger charge is -2.55. The Hall–Kier alpha value is 2.26. The number of aliphatic carboxylic acids is 1. The number of carboxylic acids is 1. The van der Waals surface area contributed by atoms with E-state index in [1.807, 2.05) is 0 Å². The van der Waals surface area contributed by atoms with E-state index in [0.29, 0.717) is 0 Å². The van der Waals surface area contributed by atoms with Gasteiger partial charge in [-0.1, -0.05) is 0 Å². The molecule has 0 aliphatic rings. The van der Waals surface area contributed by atoms with Crippen LogP contribution >= 0.6 is 0 Å². The summed E-state index contributed by atoms with van der Waals surface area (Å²) < 4.78 is 0. The number of hydrogen-bond donors (Lipinski definition) is 1. The van der Waals surface area contributed by atoms with E-state index in [1.54, 1.807) is 0 Å². The summed E-state index contributed by atoms with van der Waals surface area (Å²) in [6.07, 6.45) is -23.1. The molecule has 0 heterocycles. The molecule has 0 bridgehead atoms. The van der Waals surface area contributed by atoms with E-state index in [9.17, 15) is 0 Å². The summed E-state index contributed by atoms with van der Waals surface area (Å²) in [4.78, 5) is 9.00. The van der Waals surface area contributed by atoms with E-state index >= 15 is 0 Å². The van der Waals surface area contributed by atoms with Crippen LogP contribution in [0.3, 0.4) is 0 Å². The molecule has 0 atom stereocenters. The third kappa shape index (κ3) is 16.0. The number of carboxylic acid groups (broad SMARTS) is 1. The normalized spacial score (nSPS) is 9.30. The van der Waals surface area contributed by atoms with Crippen molar-refractivity contribution in [2.45, 2.75) is 6.92 Å². The number of hydrogen-bond acceptors (Lipinski definition) is 1. The van der Waals surface area contributed by atoms with Crippen LogP contribution in [0.1, 0.15) is 6.92 Å². The fraction of sp³-hybridized carbons (Fsp3) is 0.500. The van der Waals surface area contributed by atoms with Gasteiger partial charge >= 0.3 is 0 Å². The first-order valence-corrected chi connectivity index (χ1v) is 14.9. The van der Waals surface area contributed by atoms with Crippen molar-refractivity contribution >= 4 is 311 Å². The van der Waals surface area contributed by atoms with Crippen LogP contribution in [0.25, 0.3) is 0 Å². The molecule has 0 unspecified atom stereocenters. The molecule has 0 aromatic carbocycles. The first-order chi connectivity index (χ1) is 21.3. The van der Waals surface area contributed by atoms with Gasteiger partial charge in [0, 0.05) is 312 Å². The maximum Gasteiger partial charge on any atom is 0.300 e. The third-order valence-corrected chi connectivity index (χ3v) is 8.67. The molecule has 47 heavy (non-hydrogen) atoms. The largest absolute Gasteiger partial charge is 0.481 e. The van der Waals surface area contributed by atoms with Crippen molar-refractivity contribution in [3.05, 3.63) is 0 Å². The molecule has 153 valence electrons. The molecule has 2 nitrogen and oxygen atoms in total. The molecule has 0 aromatic rings. The fourth-order valence-corrected chi connectivity index (χ4v) is 7.06. The topological polar surface area (TPSA) is 37.3 Å². The Kier molecular flexibility index (Phi) is 26.8. The quantitative estimate of drug-likeness (QED) is 0.161.